The number of nitrogens with zero attached hydrogens (tertiary/aromatic N) is 1. The number of hydrogen-bond donors (Lipinski definition) is 6. The van der Waals surface area contributed by atoms with Crippen LogP contribution >= 0.6 is 23.2 Å². The third-order valence-corrected chi connectivity index (χ3v) is 5.01. The second-order valence-corrected chi connectivity index (χ2v) is 7.84. The van der Waals surface area contributed by atoms with Gasteiger partial charge in [-0.2, -0.15) is 0 Å². The standard InChI is InChI=1S/C17H20Cl2N2O11/c18-14(19)15(26)20-8(5-22)12(6-1-3-7(4-2-6)21(29)30)31-17-11(25)9(23)10(24)13(32-17)16(27)28/h1-4,8-14,17,22-25H,5H2,(H,20,26)(H,27,28)/t8-,9?,10+,11?,12-,13+,17-/m1/s1. The number of benzene rings is 1. The minimum atomic E-state index is -1.97. The molecule has 7 atom stereocenters. The quantitative estimate of drug-likeness (QED) is 0.135. The number of carbonyl (C=O) groups is 2. The van der Waals surface area contributed by atoms with Crippen LogP contribution in [0.2, 0.25) is 0 Å². The van der Waals surface area contributed by atoms with Crippen molar-refractivity contribution in [3.05, 3.63) is 39.9 Å². The number of aliphatic carboxylic acids is 1. The zero-order valence-electron chi connectivity index (χ0n) is 16.0. The molecule has 0 radical (unpaired) electrons. The number of hydrogen-bond acceptors (Lipinski definition) is 10. The first-order valence-electron chi connectivity index (χ1n) is 8.99. The molecule has 1 amide bonds. The van der Waals surface area contributed by atoms with E-state index >= 15 is 0 Å². The summed E-state index contributed by atoms with van der Waals surface area (Å²) in [4.78, 5) is 31.9. The zero-order valence-corrected chi connectivity index (χ0v) is 17.5. The maximum atomic E-state index is 11.9. The van der Waals surface area contributed by atoms with E-state index in [1.165, 1.54) is 12.1 Å². The molecule has 1 aromatic rings. The lowest BCUT2D eigenvalue weighted by Crippen LogP contribution is -2.61. The van der Waals surface area contributed by atoms with Crippen molar-refractivity contribution < 1.29 is 49.5 Å². The van der Waals surface area contributed by atoms with Crippen LogP contribution in [0.4, 0.5) is 5.69 Å². The molecule has 32 heavy (non-hydrogen) atoms. The second-order valence-electron chi connectivity index (χ2n) is 6.74. The van der Waals surface area contributed by atoms with Crippen LogP contribution < -0.4 is 5.32 Å². The minimum Gasteiger partial charge on any atom is -0.479 e. The van der Waals surface area contributed by atoms with E-state index in [9.17, 15) is 45.2 Å². The maximum Gasteiger partial charge on any atom is 0.335 e. The number of aliphatic hydroxyl groups is 4. The van der Waals surface area contributed by atoms with Gasteiger partial charge in [-0.25, -0.2) is 4.79 Å². The molecule has 1 fully saturated rings. The van der Waals surface area contributed by atoms with E-state index < -0.39 is 71.1 Å². The van der Waals surface area contributed by atoms with Gasteiger partial charge >= 0.3 is 5.97 Å². The van der Waals surface area contributed by atoms with Gasteiger partial charge in [0.25, 0.3) is 11.6 Å². The maximum absolute atomic E-state index is 11.9. The van der Waals surface area contributed by atoms with Crippen molar-refractivity contribution in [3.8, 4) is 0 Å². The predicted octanol–water partition coefficient (Wildman–Crippen LogP) is -1.17. The smallest absolute Gasteiger partial charge is 0.335 e. The van der Waals surface area contributed by atoms with Gasteiger partial charge in [-0.1, -0.05) is 23.2 Å². The number of carbonyl (C=O) groups excluding carboxylic acids is 1. The second kappa shape index (κ2) is 11.2. The van der Waals surface area contributed by atoms with E-state index in [0.717, 1.165) is 12.1 Å². The molecule has 6 N–H and O–H groups in total. The third kappa shape index (κ3) is 6.02. The fourth-order valence-corrected chi connectivity index (χ4v) is 3.09. The molecule has 1 heterocycles. The van der Waals surface area contributed by atoms with E-state index in [-0.39, 0.29) is 11.3 Å². The first kappa shape index (κ1) is 26.2. The SMILES string of the molecule is O=C(N[C@H](CO)[C@H](O[C@@H]1O[C@H](C(=O)O)[C@@H](O)C(O)C1O)c1ccc([N+](=O)[O-])cc1)C(Cl)Cl. The minimum absolute atomic E-state index is 0.138. The third-order valence-electron chi connectivity index (χ3n) is 4.61. The first-order chi connectivity index (χ1) is 15.0. The summed E-state index contributed by atoms with van der Waals surface area (Å²) in [6.45, 7) is -0.774. The largest absolute Gasteiger partial charge is 0.479 e. The Morgan fingerprint density at radius 2 is 1.75 bits per heavy atom. The van der Waals surface area contributed by atoms with Gasteiger partial charge in [-0.05, 0) is 17.7 Å². The van der Waals surface area contributed by atoms with E-state index in [4.69, 9.17) is 32.7 Å². The molecule has 1 aromatic carbocycles. The highest BCUT2D eigenvalue weighted by atomic mass is 35.5. The van der Waals surface area contributed by atoms with Crippen LogP contribution in [0.25, 0.3) is 0 Å². The van der Waals surface area contributed by atoms with Crippen LogP contribution in [-0.4, -0.2) is 90.5 Å². The summed E-state index contributed by atoms with van der Waals surface area (Å²) >= 11 is 11.0. The summed E-state index contributed by atoms with van der Waals surface area (Å²) in [5, 5.41) is 62.1. The molecule has 178 valence electrons. The summed E-state index contributed by atoms with van der Waals surface area (Å²) in [6.07, 6.45) is -11.1. The predicted molar refractivity (Wildman–Crippen MR) is 106 cm³/mol. The number of nitro benzene ring substituents is 1. The Morgan fingerprint density at radius 1 is 1.16 bits per heavy atom. The zero-order chi connectivity index (χ0) is 24.2. The molecule has 2 rings (SSSR count). The van der Waals surface area contributed by atoms with Crippen molar-refractivity contribution in [2.45, 2.75) is 47.7 Å². The van der Waals surface area contributed by atoms with Gasteiger partial charge in [0.2, 0.25) is 0 Å². The van der Waals surface area contributed by atoms with E-state index in [0.29, 0.717) is 0 Å². The summed E-state index contributed by atoms with van der Waals surface area (Å²) in [5.41, 5.74) is -0.143. The molecular weight excluding hydrogens is 479 g/mol. The number of amides is 1. The Hall–Kier alpha value is -2.10. The Bertz CT molecular complexity index is 825. The highest BCUT2D eigenvalue weighted by Crippen LogP contribution is 2.31. The van der Waals surface area contributed by atoms with Gasteiger partial charge in [0.05, 0.1) is 17.6 Å². The number of rotatable bonds is 9. The van der Waals surface area contributed by atoms with Crippen molar-refractivity contribution in [2.24, 2.45) is 0 Å². The van der Waals surface area contributed by atoms with Gasteiger partial charge in [0, 0.05) is 12.1 Å². The Kier molecular flexibility index (Phi) is 9.12. The van der Waals surface area contributed by atoms with Crippen molar-refractivity contribution in [1.82, 2.24) is 5.32 Å². The van der Waals surface area contributed by atoms with Gasteiger partial charge in [0.1, 0.15) is 24.4 Å². The van der Waals surface area contributed by atoms with E-state index in [2.05, 4.69) is 5.32 Å². The van der Waals surface area contributed by atoms with Crippen LogP contribution in [0.15, 0.2) is 24.3 Å². The number of non-ortho nitro benzene ring substituents is 1. The monoisotopic (exact) mass is 498 g/mol. The van der Waals surface area contributed by atoms with Gasteiger partial charge in [0.15, 0.2) is 17.2 Å². The lowest BCUT2D eigenvalue weighted by molar-refractivity contribution is -0.384. The highest BCUT2D eigenvalue weighted by Gasteiger charge is 2.48. The fraction of sp³-hybridized carbons (Fsp3) is 0.529. The molecule has 0 saturated carbocycles. The molecule has 0 bridgehead atoms. The Morgan fingerprint density at radius 3 is 2.22 bits per heavy atom. The van der Waals surface area contributed by atoms with Crippen LogP contribution in [0.5, 0.6) is 0 Å². The summed E-state index contributed by atoms with van der Waals surface area (Å²) in [6, 6.07) is 3.36. The number of ether oxygens (including phenoxy) is 2. The van der Waals surface area contributed by atoms with Crippen LogP contribution in [-0.2, 0) is 19.1 Å². The first-order valence-corrected chi connectivity index (χ1v) is 9.86. The Balaban J connectivity index is 2.39. The van der Waals surface area contributed by atoms with Crippen molar-refractivity contribution in [1.29, 1.82) is 0 Å². The average Bonchev–Trinajstić information content (AvgIpc) is 2.75. The number of carboxylic acid groups (broad SMARTS) is 1. The summed E-state index contributed by atoms with van der Waals surface area (Å²) in [5.74, 6) is -2.57. The molecular formula is C17H20Cl2N2O11. The molecule has 1 aliphatic heterocycles. The van der Waals surface area contributed by atoms with Crippen molar-refractivity contribution in [2.75, 3.05) is 6.61 Å². The highest BCUT2D eigenvalue weighted by molar-refractivity contribution is 6.53. The molecule has 15 heteroatoms. The number of carboxylic acids is 1. The van der Waals surface area contributed by atoms with Crippen LogP contribution in [0.3, 0.4) is 0 Å². The number of halogens is 2. The summed E-state index contributed by atoms with van der Waals surface area (Å²) in [7, 11) is 0. The molecule has 1 aliphatic rings. The average molecular weight is 499 g/mol. The van der Waals surface area contributed by atoms with Crippen LogP contribution in [0, 0.1) is 10.1 Å². The molecule has 0 spiro atoms. The normalized spacial score (nSPS) is 27.5. The summed E-state index contributed by atoms with van der Waals surface area (Å²) < 4.78 is 10.7. The van der Waals surface area contributed by atoms with Gasteiger partial charge in [-0.3, -0.25) is 14.9 Å². The molecule has 1 saturated heterocycles. The molecule has 0 aromatic heterocycles. The number of nitrogens with one attached hydrogen (secondary N) is 1. The van der Waals surface area contributed by atoms with Gasteiger partial charge in [-0.15, -0.1) is 0 Å². The van der Waals surface area contributed by atoms with Gasteiger partial charge < -0.3 is 40.3 Å². The van der Waals surface area contributed by atoms with E-state index in [1.54, 1.807) is 0 Å². The van der Waals surface area contributed by atoms with Crippen LogP contribution in [0.1, 0.15) is 11.7 Å². The molecule has 13 nitrogen and oxygen atoms in total. The lowest BCUT2D eigenvalue weighted by Gasteiger charge is -2.41. The number of nitro groups is 1. The lowest BCUT2D eigenvalue weighted by atomic mass is 9.98. The topological polar surface area (TPSA) is 209 Å². The molecule has 2 unspecified atom stereocenters. The number of aliphatic hydroxyl groups excluding tert-OH is 4. The van der Waals surface area contributed by atoms with Crippen molar-refractivity contribution >= 4 is 40.8 Å². The van der Waals surface area contributed by atoms with Crippen molar-refractivity contribution in [3.63, 3.8) is 0 Å². The number of alkyl halides is 2. The van der Waals surface area contributed by atoms with E-state index in [1.807, 2.05) is 0 Å². The molecule has 0 aliphatic carbocycles. The fourth-order valence-electron chi connectivity index (χ4n) is 2.96. The Labute approximate surface area is 190 Å².